The van der Waals surface area contributed by atoms with Gasteiger partial charge in [-0.2, -0.15) is 0 Å². The van der Waals surface area contributed by atoms with Crippen LogP contribution in [-0.4, -0.2) is 23.9 Å². The second-order valence-electron chi connectivity index (χ2n) is 6.10. The average Bonchev–Trinajstić information content (AvgIpc) is 2.40. The molecular formula is C16H25FN2O2. The van der Waals surface area contributed by atoms with Crippen LogP contribution in [0.3, 0.4) is 0 Å². The van der Waals surface area contributed by atoms with Gasteiger partial charge in [0.1, 0.15) is 0 Å². The fourth-order valence-electron chi connectivity index (χ4n) is 2.77. The average molecular weight is 296 g/mol. The molecule has 0 radical (unpaired) electrons. The molecule has 4 nitrogen and oxygen atoms in total. The second kappa shape index (κ2) is 6.98. The molecule has 1 aliphatic rings. The summed E-state index contributed by atoms with van der Waals surface area (Å²) in [5.41, 5.74) is 6.92. The van der Waals surface area contributed by atoms with E-state index in [-0.39, 0.29) is 18.0 Å². The molecule has 2 unspecified atom stereocenters. The standard InChI is InChI=1S/C16H25FN2O2/c1-10(2)21-16-8-15(14(18)7-13(16)17)19-9-11-4-3-5-12(20)6-11/h7-8,10-12,19-20H,3-6,9,18H2,1-2H3. The molecule has 0 heterocycles. The molecule has 1 aromatic rings. The van der Waals surface area contributed by atoms with Gasteiger partial charge in [0.05, 0.1) is 23.6 Å². The Labute approximate surface area is 125 Å². The molecule has 0 amide bonds. The third-order valence-corrected chi connectivity index (χ3v) is 3.80. The molecule has 1 aliphatic carbocycles. The number of anilines is 2. The van der Waals surface area contributed by atoms with E-state index >= 15 is 0 Å². The summed E-state index contributed by atoms with van der Waals surface area (Å²) in [6.45, 7) is 4.44. The molecule has 4 N–H and O–H groups in total. The molecule has 2 atom stereocenters. The van der Waals surface area contributed by atoms with Crippen molar-refractivity contribution in [3.8, 4) is 5.75 Å². The second-order valence-corrected chi connectivity index (χ2v) is 6.10. The highest BCUT2D eigenvalue weighted by Gasteiger charge is 2.20. The summed E-state index contributed by atoms with van der Waals surface area (Å²) in [6, 6.07) is 2.90. The van der Waals surface area contributed by atoms with Gasteiger partial charge in [0, 0.05) is 18.7 Å². The van der Waals surface area contributed by atoms with Crippen LogP contribution in [0.5, 0.6) is 5.75 Å². The van der Waals surface area contributed by atoms with Crippen LogP contribution in [0.2, 0.25) is 0 Å². The van der Waals surface area contributed by atoms with E-state index in [0.29, 0.717) is 17.3 Å². The number of hydrogen-bond acceptors (Lipinski definition) is 4. The molecule has 0 aromatic heterocycles. The normalized spacial score (nSPS) is 22.3. The van der Waals surface area contributed by atoms with E-state index in [4.69, 9.17) is 10.5 Å². The van der Waals surface area contributed by atoms with Crippen LogP contribution in [0.4, 0.5) is 15.8 Å². The number of rotatable bonds is 5. The van der Waals surface area contributed by atoms with Crippen LogP contribution in [0, 0.1) is 11.7 Å². The Hall–Kier alpha value is -1.49. The smallest absolute Gasteiger partial charge is 0.167 e. The van der Waals surface area contributed by atoms with Crippen molar-refractivity contribution in [1.29, 1.82) is 0 Å². The maximum absolute atomic E-state index is 13.8. The minimum atomic E-state index is -0.445. The zero-order valence-electron chi connectivity index (χ0n) is 12.7. The fourth-order valence-corrected chi connectivity index (χ4v) is 2.77. The number of halogens is 1. The summed E-state index contributed by atoms with van der Waals surface area (Å²) in [4.78, 5) is 0. The zero-order valence-corrected chi connectivity index (χ0v) is 12.7. The van der Waals surface area contributed by atoms with E-state index in [1.165, 1.54) is 6.07 Å². The summed E-state index contributed by atoms with van der Waals surface area (Å²) in [5, 5.41) is 13.0. The molecule has 0 saturated heterocycles. The van der Waals surface area contributed by atoms with E-state index in [9.17, 15) is 9.50 Å². The van der Waals surface area contributed by atoms with Crippen molar-refractivity contribution in [1.82, 2.24) is 0 Å². The summed E-state index contributed by atoms with van der Waals surface area (Å²) in [5.74, 6) is 0.192. The van der Waals surface area contributed by atoms with E-state index in [1.807, 2.05) is 13.8 Å². The van der Waals surface area contributed by atoms with Gasteiger partial charge in [0.2, 0.25) is 0 Å². The topological polar surface area (TPSA) is 67.5 Å². The number of aliphatic hydroxyl groups is 1. The lowest BCUT2D eigenvalue weighted by atomic mass is 9.87. The quantitative estimate of drug-likeness (QED) is 0.730. The molecule has 118 valence electrons. The molecule has 5 heteroatoms. The van der Waals surface area contributed by atoms with Gasteiger partial charge in [-0.3, -0.25) is 0 Å². The van der Waals surface area contributed by atoms with Gasteiger partial charge in [-0.1, -0.05) is 6.42 Å². The van der Waals surface area contributed by atoms with Crippen LogP contribution in [0.25, 0.3) is 0 Å². The van der Waals surface area contributed by atoms with Gasteiger partial charge >= 0.3 is 0 Å². The van der Waals surface area contributed by atoms with Crippen LogP contribution in [0.1, 0.15) is 39.5 Å². The van der Waals surface area contributed by atoms with Gasteiger partial charge in [0.15, 0.2) is 11.6 Å². The van der Waals surface area contributed by atoms with Gasteiger partial charge in [-0.15, -0.1) is 0 Å². The first-order valence-electron chi connectivity index (χ1n) is 7.63. The fraction of sp³-hybridized carbons (Fsp3) is 0.625. The molecule has 1 aromatic carbocycles. The first kappa shape index (κ1) is 15.9. The molecule has 0 spiro atoms. The minimum absolute atomic E-state index is 0.0931. The van der Waals surface area contributed by atoms with Crippen molar-refractivity contribution in [2.45, 2.75) is 51.7 Å². The summed E-state index contributed by atoms with van der Waals surface area (Å²) < 4.78 is 19.2. The monoisotopic (exact) mass is 296 g/mol. The predicted octanol–water partition coefficient (Wildman–Crippen LogP) is 3.16. The van der Waals surface area contributed by atoms with E-state index in [1.54, 1.807) is 6.07 Å². The first-order valence-corrected chi connectivity index (χ1v) is 7.63. The number of aliphatic hydroxyl groups excluding tert-OH is 1. The highest BCUT2D eigenvalue weighted by Crippen LogP contribution is 2.30. The first-order chi connectivity index (χ1) is 9.95. The number of benzene rings is 1. The Kier molecular flexibility index (Phi) is 5.28. The Balaban J connectivity index is 2.01. The van der Waals surface area contributed by atoms with E-state index < -0.39 is 5.82 Å². The summed E-state index contributed by atoms with van der Waals surface area (Å²) in [6.07, 6.45) is 3.56. The Bertz CT molecular complexity index is 480. The van der Waals surface area contributed by atoms with Crippen molar-refractivity contribution < 1.29 is 14.2 Å². The minimum Gasteiger partial charge on any atom is -0.488 e. The van der Waals surface area contributed by atoms with Gasteiger partial charge in [-0.05, 0) is 39.0 Å². The van der Waals surface area contributed by atoms with E-state index in [0.717, 1.165) is 32.2 Å². The van der Waals surface area contributed by atoms with E-state index in [2.05, 4.69) is 5.32 Å². The van der Waals surface area contributed by atoms with Crippen LogP contribution in [-0.2, 0) is 0 Å². The maximum Gasteiger partial charge on any atom is 0.167 e. The number of nitrogen functional groups attached to an aromatic ring is 1. The highest BCUT2D eigenvalue weighted by molar-refractivity contribution is 5.68. The van der Waals surface area contributed by atoms with Crippen LogP contribution >= 0.6 is 0 Å². The van der Waals surface area contributed by atoms with Crippen molar-refractivity contribution in [3.05, 3.63) is 17.9 Å². The number of hydrogen-bond donors (Lipinski definition) is 3. The van der Waals surface area contributed by atoms with Crippen molar-refractivity contribution >= 4 is 11.4 Å². The third-order valence-electron chi connectivity index (χ3n) is 3.80. The number of nitrogens with one attached hydrogen (secondary N) is 1. The Morgan fingerprint density at radius 1 is 1.43 bits per heavy atom. The lowest BCUT2D eigenvalue weighted by Crippen LogP contribution is -2.25. The predicted molar refractivity (Wildman–Crippen MR) is 83.0 cm³/mol. The van der Waals surface area contributed by atoms with Gasteiger partial charge in [0.25, 0.3) is 0 Å². The molecule has 1 fully saturated rings. The van der Waals surface area contributed by atoms with Crippen LogP contribution < -0.4 is 15.8 Å². The van der Waals surface area contributed by atoms with Crippen molar-refractivity contribution in [2.75, 3.05) is 17.6 Å². The SMILES string of the molecule is CC(C)Oc1cc(NCC2CCCC(O)C2)c(N)cc1F. The highest BCUT2D eigenvalue weighted by atomic mass is 19.1. The largest absolute Gasteiger partial charge is 0.488 e. The summed E-state index contributed by atoms with van der Waals surface area (Å²) >= 11 is 0. The molecule has 21 heavy (non-hydrogen) atoms. The van der Waals surface area contributed by atoms with Crippen molar-refractivity contribution in [3.63, 3.8) is 0 Å². The lowest BCUT2D eigenvalue weighted by molar-refractivity contribution is 0.105. The molecule has 1 saturated carbocycles. The maximum atomic E-state index is 13.8. The van der Waals surface area contributed by atoms with Gasteiger partial charge < -0.3 is 20.9 Å². The molecular weight excluding hydrogens is 271 g/mol. The number of ether oxygens (including phenoxy) is 1. The van der Waals surface area contributed by atoms with Gasteiger partial charge in [-0.25, -0.2) is 4.39 Å². The Morgan fingerprint density at radius 3 is 2.86 bits per heavy atom. The Morgan fingerprint density at radius 2 is 2.19 bits per heavy atom. The molecule has 0 bridgehead atoms. The number of nitrogens with two attached hydrogens (primary N) is 1. The molecule has 2 rings (SSSR count). The van der Waals surface area contributed by atoms with Crippen molar-refractivity contribution in [2.24, 2.45) is 5.92 Å². The zero-order chi connectivity index (χ0) is 15.4. The molecule has 0 aliphatic heterocycles. The van der Waals surface area contributed by atoms with Crippen LogP contribution in [0.15, 0.2) is 12.1 Å². The summed E-state index contributed by atoms with van der Waals surface area (Å²) in [7, 11) is 0. The third kappa shape index (κ3) is 4.49. The lowest BCUT2D eigenvalue weighted by Gasteiger charge is -2.26.